The van der Waals surface area contributed by atoms with Crippen LogP contribution >= 0.6 is 23.7 Å². The van der Waals surface area contributed by atoms with Crippen LogP contribution < -0.4 is 5.32 Å². The van der Waals surface area contributed by atoms with E-state index in [1.165, 1.54) is 11.3 Å². The predicted molar refractivity (Wildman–Crippen MR) is 94.8 cm³/mol. The van der Waals surface area contributed by atoms with E-state index < -0.39 is 0 Å². The molecule has 4 rings (SSSR count). The first kappa shape index (κ1) is 17.3. The minimum Gasteiger partial charge on any atom is -0.463 e. The van der Waals surface area contributed by atoms with Crippen LogP contribution in [0.4, 0.5) is 0 Å². The second kappa shape index (κ2) is 7.13. The quantitative estimate of drug-likeness (QED) is 0.878. The van der Waals surface area contributed by atoms with Crippen molar-refractivity contribution in [1.82, 2.24) is 15.1 Å². The van der Waals surface area contributed by atoms with E-state index >= 15 is 0 Å². The fraction of sp³-hybridized carbons (Fsp3) is 0.500. The maximum atomic E-state index is 12.6. The lowest BCUT2D eigenvalue weighted by Crippen LogP contribution is -2.54. The highest BCUT2D eigenvalue weighted by Gasteiger charge is 2.31. The highest BCUT2D eigenvalue weighted by molar-refractivity contribution is 7.20. The van der Waals surface area contributed by atoms with Gasteiger partial charge in [-0.1, -0.05) is 0 Å². The molecule has 2 fully saturated rings. The number of fused-ring (bicyclic) bond motifs is 1. The summed E-state index contributed by atoms with van der Waals surface area (Å²) in [7, 11) is 0. The van der Waals surface area contributed by atoms with Crippen LogP contribution in [0, 0.1) is 0 Å². The Morgan fingerprint density at radius 3 is 2.62 bits per heavy atom. The first-order valence-electron chi connectivity index (χ1n) is 8.01. The molecule has 1 unspecified atom stereocenters. The van der Waals surface area contributed by atoms with Gasteiger partial charge in [-0.3, -0.25) is 9.59 Å². The maximum absolute atomic E-state index is 12.6. The van der Waals surface area contributed by atoms with E-state index in [2.05, 4.69) is 5.32 Å². The van der Waals surface area contributed by atoms with Crippen molar-refractivity contribution in [3.05, 3.63) is 23.3 Å². The average molecular weight is 370 g/mol. The third kappa shape index (κ3) is 3.16. The second-order valence-electron chi connectivity index (χ2n) is 6.03. The van der Waals surface area contributed by atoms with Gasteiger partial charge >= 0.3 is 0 Å². The molecule has 0 aliphatic carbocycles. The zero-order chi connectivity index (χ0) is 15.8. The van der Waals surface area contributed by atoms with Crippen molar-refractivity contribution in [2.75, 3.05) is 32.7 Å². The van der Waals surface area contributed by atoms with E-state index in [4.69, 9.17) is 4.42 Å². The van der Waals surface area contributed by atoms with E-state index in [1.807, 2.05) is 21.9 Å². The molecule has 2 aliphatic heterocycles. The highest BCUT2D eigenvalue weighted by atomic mass is 35.5. The molecule has 4 heterocycles. The third-order valence-corrected chi connectivity index (χ3v) is 5.66. The number of hydrogen-bond donors (Lipinski definition) is 1. The van der Waals surface area contributed by atoms with Crippen LogP contribution in [0.25, 0.3) is 10.3 Å². The van der Waals surface area contributed by atoms with E-state index in [-0.39, 0.29) is 30.3 Å². The SMILES string of the molecule is Cl.O=C(c1cc2occc2s1)N1CCN(C(=O)C2CCCN2)CC1. The molecule has 1 N–H and O–H groups in total. The van der Waals surface area contributed by atoms with Gasteiger partial charge in [-0.15, -0.1) is 23.7 Å². The molecule has 0 bridgehead atoms. The molecular formula is C16H20ClN3O3S. The lowest BCUT2D eigenvalue weighted by Gasteiger charge is -2.35. The van der Waals surface area contributed by atoms with Crippen LogP contribution in [0.1, 0.15) is 22.5 Å². The zero-order valence-electron chi connectivity index (χ0n) is 13.2. The molecule has 2 saturated heterocycles. The van der Waals surface area contributed by atoms with Gasteiger partial charge in [0.1, 0.15) is 5.58 Å². The number of hydrogen-bond acceptors (Lipinski definition) is 5. The average Bonchev–Trinajstić information content (AvgIpc) is 3.29. The summed E-state index contributed by atoms with van der Waals surface area (Å²) in [6.07, 6.45) is 3.62. The Bertz CT molecular complexity index is 701. The molecule has 130 valence electrons. The fourth-order valence-electron chi connectivity index (χ4n) is 3.27. The molecule has 2 aromatic heterocycles. The summed E-state index contributed by atoms with van der Waals surface area (Å²) < 4.78 is 6.32. The monoisotopic (exact) mass is 369 g/mol. The molecule has 0 spiro atoms. The Kier molecular flexibility index (Phi) is 5.12. The van der Waals surface area contributed by atoms with Crippen molar-refractivity contribution in [3.8, 4) is 0 Å². The number of carbonyl (C=O) groups excluding carboxylic acids is 2. The number of carbonyl (C=O) groups is 2. The smallest absolute Gasteiger partial charge is 0.264 e. The standard InChI is InChI=1S/C16H19N3O3S.ClH/c20-15(11-2-1-4-17-11)18-5-7-19(8-6-18)16(21)14-10-12-13(23-14)3-9-22-12;/h3,9-11,17H,1-2,4-8H2;1H. The summed E-state index contributed by atoms with van der Waals surface area (Å²) in [6.45, 7) is 3.34. The third-order valence-electron chi connectivity index (χ3n) is 4.59. The van der Waals surface area contributed by atoms with Crippen LogP contribution in [-0.4, -0.2) is 60.4 Å². The number of furan rings is 1. The summed E-state index contributed by atoms with van der Waals surface area (Å²) in [5.74, 6) is 0.218. The van der Waals surface area contributed by atoms with Crippen molar-refractivity contribution in [2.24, 2.45) is 0 Å². The van der Waals surface area contributed by atoms with Gasteiger partial charge in [-0.25, -0.2) is 0 Å². The van der Waals surface area contributed by atoms with Gasteiger partial charge in [0.25, 0.3) is 5.91 Å². The summed E-state index contributed by atoms with van der Waals surface area (Å²) in [4.78, 5) is 29.4. The predicted octanol–water partition coefficient (Wildman–Crippen LogP) is 1.95. The van der Waals surface area contributed by atoms with Crippen molar-refractivity contribution in [2.45, 2.75) is 18.9 Å². The molecule has 6 nitrogen and oxygen atoms in total. The Labute approximate surface area is 150 Å². The number of amides is 2. The van der Waals surface area contributed by atoms with Crippen molar-refractivity contribution in [1.29, 1.82) is 0 Å². The summed E-state index contributed by atoms with van der Waals surface area (Å²) in [5.41, 5.74) is 0.763. The first-order valence-corrected chi connectivity index (χ1v) is 8.82. The summed E-state index contributed by atoms with van der Waals surface area (Å²) in [6, 6.07) is 3.66. The van der Waals surface area contributed by atoms with Crippen molar-refractivity contribution < 1.29 is 14.0 Å². The van der Waals surface area contributed by atoms with Gasteiger partial charge in [0.15, 0.2) is 0 Å². The zero-order valence-corrected chi connectivity index (χ0v) is 14.8. The van der Waals surface area contributed by atoms with E-state index in [0.717, 1.165) is 29.7 Å². The number of nitrogens with one attached hydrogen (secondary N) is 1. The minimum absolute atomic E-state index is 0. The molecule has 0 aromatic carbocycles. The molecule has 8 heteroatoms. The van der Waals surface area contributed by atoms with E-state index in [9.17, 15) is 9.59 Å². The number of piperazine rings is 1. The lowest BCUT2D eigenvalue weighted by molar-refractivity contribution is -0.134. The maximum Gasteiger partial charge on any atom is 0.264 e. The topological polar surface area (TPSA) is 65.8 Å². The summed E-state index contributed by atoms with van der Waals surface area (Å²) >= 11 is 1.46. The molecule has 2 amide bonds. The number of halogens is 1. The molecule has 2 aromatic rings. The van der Waals surface area contributed by atoms with E-state index in [1.54, 1.807) is 6.26 Å². The van der Waals surface area contributed by atoms with E-state index in [0.29, 0.717) is 31.1 Å². The minimum atomic E-state index is -0.0264. The Hall–Kier alpha value is -1.57. The number of thiophene rings is 1. The Morgan fingerprint density at radius 2 is 1.96 bits per heavy atom. The normalized spacial score (nSPS) is 21.1. The molecular weight excluding hydrogens is 350 g/mol. The molecule has 24 heavy (non-hydrogen) atoms. The van der Waals surface area contributed by atoms with Gasteiger partial charge in [-0.2, -0.15) is 0 Å². The fourth-order valence-corrected chi connectivity index (χ4v) is 4.22. The van der Waals surface area contributed by atoms with Gasteiger partial charge < -0.3 is 19.5 Å². The molecule has 0 radical (unpaired) electrons. The first-order chi connectivity index (χ1) is 11.2. The van der Waals surface area contributed by atoms with Crippen LogP contribution in [-0.2, 0) is 4.79 Å². The van der Waals surface area contributed by atoms with Gasteiger partial charge in [0.05, 0.1) is 21.9 Å². The van der Waals surface area contributed by atoms with Crippen LogP contribution in [0.15, 0.2) is 22.8 Å². The van der Waals surface area contributed by atoms with Gasteiger partial charge in [-0.05, 0) is 25.5 Å². The van der Waals surface area contributed by atoms with Crippen LogP contribution in [0.2, 0.25) is 0 Å². The number of rotatable bonds is 2. The van der Waals surface area contributed by atoms with Gasteiger partial charge in [0.2, 0.25) is 5.91 Å². The van der Waals surface area contributed by atoms with Crippen LogP contribution in [0.5, 0.6) is 0 Å². The number of nitrogens with zero attached hydrogens (tertiary/aromatic N) is 2. The van der Waals surface area contributed by atoms with Crippen molar-refractivity contribution in [3.63, 3.8) is 0 Å². The lowest BCUT2D eigenvalue weighted by atomic mass is 10.2. The second-order valence-corrected chi connectivity index (χ2v) is 7.11. The molecule has 1 atom stereocenters. The Morgan fingerprint density at radius 1 is 1.21 bits per heavy atom. The summed E-state index contributed by atoms with van der Waals surface area (Å²) in [5, 5.41) is 3.24. The van der Waals surface area contributed by atoms with Crippen molar-refractivity contribution >= 4 is 45.8 Å². The van der Waals surface area contributed by atoms with Crippen LogP contribution in [0.3, 0.4) is 0 Å². The van der Waals surface area contributed by atoms with Gasteiger partial charge in [0, 0.05) is 32.2 Å². The largest absolute Gasteiger partial charge is 0.463 e. The highest BCUT2D eigenvalue weighted by Crippen LogP contribution is 2.27. The Balaban J connectivity index is 0.00000169. The molecule has 0 saturated carbocycles. The molecule has 2 aliphatic rings.